The molecule has 0 fully saturated rings. The fourth-order valence-corrected chi connectivity index (χ4v) is 1.98. The van der Waals surface area contributed by atoms with Crippen LogP contribution in [0.4, 0.5) is 0 Å². The SMILES string of the molecule is Cc1nn(C)cc1C(=O)CC(=O)c1cccc(C#N)c1. The molecule has 0 saturated carbocycles. The summed E-state index contributed by atoms with van der Waals surface area (Å²) in [5, 5.41) is 12.9. The van der Waals surface area contributed by atoms with Gasteiger partial charge in [0, 0.05) is 18.8 Å². The van der Waals surface area contributed by atoms with Crippen LogP contribution in [-0.4, -0.2) is 21.3 Å². The first-order chi connectivity index (χ1) is 9.51. The molecule has 0 spiro atoms. The van der Waals surface area contributed by atoms with E-state index in [1.807, 2.05) is 6.07 Å². The number of hydrogen-bond donors (Lipinski definition) is 0. The van der Waals surface area contributed by atoms with Gasteiger partial charge in [0.05, 0.1) is 29.3 Å². The van der Waals surface area contributed by atoms with Crippen molar-refractivity contribution in [2.75, 3.05) is 0 Å². The zero-order chi connectivity index (χ0) is 14.7. The summed E-state index contributed by atoms with van der Waals surface area (Å²) < 4.78 is 1.54. The van der Waals surface area contributed by atoms with Crippen molar-refractivity contribution in [2.45, 2.75) is 13.3 Å². The topological polar surface area (TPSA) is 75.8 Å². The van der Waals surface area contributed by atoms with Crippen molar-refractivity contribution < 1.29 is 9.59 Å². The molecule has 20 heavy (non-hydrogen) atoms. The van der Waals surface area contributed by atoms with Crippen molar-refractivity contribution in [1.82, 2.24) is 9.78 Å². The van der Waals surface area contributed by atoms with Crippen molar-refractivity contribution in [3.8, 4) is 6.07 Å². The highest BCUT2D eigenvalue weighted by Crippen LogP contribution is 2.12. The van der Waals surface area contributed by atoms with Crippen LogP contribution >= 0.6 is 0 Å². The molecule has 0 radical (unpaired) electrons. The molecule has 5 nitrogen and oxygen atoms in total. The van der Waals surface area contributed by atoms with Crippen LogP contribution in [-0.2, 0) is 7.05 Å². The number of nitriles is 1. The van der Waals surface area contributed by atoms with E-state index >= 15 is 0 Å². The molecule has 1 aromatic carbocycles. The molecule has 2 rings (SSSR count). The van der Waals surface area contributed by atoms with E-state index in [-0.39, 0.29) is 18.0 Å². The van der Waals surface area contributed by atoms with Crippen molar-refractivity contribution in [3.05, 3.63) is 52.8 Å². The Bertz CT molecular complexity index is 723. The van der Waals surface area contributed by atoms with Crippen LogP contribution in [0.1, 0.15) is 38.4 Å². The van der Waals surface area contributed by atoms with Gasteiger partial charge in [0.25, 0.3) is 0 Å². The molecule has 100 valence electrons. The maximum absolute atomic E-state index is 12.1. The van der Waals surface area contributed by atoms with Crippen LogP contribution in [0, 0.1) is 18.3 Å². The molecule has 0 saturated heterocycles. The summed E-state index contributed by atoms with van der Waals surface area (Å²) in [5.41, 5.74) is 1.84. The first kappa shape index (κ1) is 13.7. The number of ketones is 2. The monoisotopic (exact) mass is 267 g/mol. The summed E-state index contributed by atoms with van der Waals surface area (Å²) in [5.74, 6) is -0.557. The van der Waals surface area contributed by atoms with Crippen molar-refractivity contribution in [3.63, 3.8) is 0 Å². The number of Topliss-reactive ketones (excluding diaryl/α,β-unsaturated/α-hetero) is 2. The van der Waals surface area contributed by atoms with Crippen LogP contribution in [0.25, 0.3) is 0 Å². The van der Waals surface area contributed by atoms with Crippen molar-refractivity contribution in [1.29, 1.82) is 5.26 Å². The van der Waals surface area contributed by atoms with Crippen molar-refractivity contribution >= 4 is 11.6 Å². The van der Waals surface area contributed by atoms with Gasteiger partial charge in [0.1, 0.15) is 0 Å². The molecular weight excluding hydrogens is 254 g/mol. The summed E-state index contributed by atoms with van der Waals surface area (Å²) in [6.45, 7) is 1.73. The predicted octanol–water partition coefficient (Wildman–Crippen LogP) is 2.06. The molecule has 2 aromatic rings. The number of nitrogens with zero attached hydrogens (tertiary/aromatic N) is 3. The first-order valence-electron chi connectivity index (χ1n) is 6.08. The lowest BCUT2D eigenvalue weighted by Crippen LogP contribution is -2.09. The van der Waals surface area contributed by atoms with E-state index in [0.717, 1.165) is 0 Å². The molecule has 0 aliphatic heterocycles. The average Bonchev–Trinajstić information content (AvgIpc) is 2.77. The Morgan fingerprint density at radius 2 is 2.10 bits per heavy atom. The summed E-state index contributed by atoms with van der Waals surface area (Å²) in [4.78, 5) is 24.1. The van der Waals surface area contributed by atoms with Gasteiger partial charge in [-0.05, 0) is 19.1 Å². The van der Waals surface area contributed by atoms with Crippen LogP contribution in [0.15, 0.2) is 30.5 Å². The smallest absolute Gasteiger partial charge is 0.174 e. The molecule has 0 atom stereocenters. The Labute approximate surface area is 116 Å². The first-order valence-corrected chi connectivity index (χ1v) is 6.08. The van der Waals surface area contributed by atoms with Gasteiger partial charge in [0.15, 0.2) is 11.6 Å². The minimum Gasteiger partial charge on any atom is -0.294 e. The second-order valence-electron chi connectivity index (χ2n) is 4.52. The highest BCUT2D eigenvalue weighted by atomic mass is 16.1. The summed E-state index contributed by atoms with van der Waals surface area (Å²) in [6.07, 6.45) is 1.39. The quantitative estimate of drug-likeness (QED) is 0.627. The largest absolute Gasteiger partial charge is 0.294 e. The summed E-state index contributed by atoms with van der Waals surface area (Å²) in [7, 11) is 1.72. The molecule has 0 amide bonds. The van der Waals surface area contributed by atoms with E-state index in [0.29, 0.717) is 22.4 Å². The van der Waals surface area contributed by atoms with Gasteiger partial charge in [-0.15, -0.1) is 0 Å². The van der Waals surface area contributed by atoms with Crippen LogP contribution in [0.2, 0.25) is 0 Å². The minimum absolute atomic E-state index is 0.221. The van der Waals surface area contributed by atoms with Crippen LogP contribution < -0.4 is 0 Å². The van der Waals surface area contributed by atoms with E-state index < -0.39 is 0 Å². The highest BCUT2D eigenvalue weighted by Gasteiger charge is 2.17. The Kier molecular flexibility index (Phi) is 3.76. The zero-order valence-electron chi connectivity index (χ0n) is 11.3. The highest BCUT2D eigenvalue weighted by molar-refractivity contribution is 6.13. The Morgan fingerprint density at radius 1 is 1.35 bits per heavy atom. The zero-order valence-corrected chi connectivity index (χ0v) is 11.3. The maximum Gasteiger partial charge on any atom is 0.174 e. The number of hydrogen-bond acceptors (Lipinski definition) is 4. The van der Waals surface area contributed by atoms with Crippen LogP contribution in [0.3, 0.4) is 0 Å². The van der Waals surface area contributed by atoms with Crippen LogP contribution in [0.5, 0.6) is 0 Å². The lowest BCUT2D eigenvalue weighted by Gasteiger charge is -2.00. The molecule has 5 heteroatoms. The normalized spacial score (nSPS) is 10.1. The van der Waals surface area contributed by atoms with Crippen molar-refractivity contribution in [2.24, 2.45) is 7.05 Å². The number of benzene rings is 1. The lowest BCUT2D eigenvalue weighted by molar-refractivity contribution is 0.0894. The Morgan fingerprint density at radius 3 is 2.70 bits per heavy atom. The number of carbonyl (C=O) groups is 2. The standard InChI is InChI=1S/C15H13N3O2/c1-10-13(9-18(2)17-10)15(20)7-14(19)12-5-3-4-11(6-12)8-16/h3-6,9H,7H2,1-2H3. The van der Waals surface area contributed by atoms with E-state index in [9.17, 15) is 9.59 Å². The molecule has 1 aromatic heterocycles. The van der Waals surface area contributed by atoms with E-state index in [1.54, 1.807) is 43.0 Å². The molecule has 0 unspecified atom stereocenters. The summed E-state index contributed by atoms with van der Waals surface area (Å²) in [6, 6.07) is 8.31. The van der Waals surface area contributed by atoms with Gasteiger partial charge in [0.2, 0.25) is 0 Å². The third kappa shape index (κ3) is 2.81. The number of carbonyl (C=O) groups excluding carboxylic acids is 2. The van der Waals surface area contributed by atoms with Gasteiger partial charge in [-0.2, -0.15) is 10.4 Å². The summed E-state index contributed by atoms with van der Waals surface area (Å²) >= 11 is 0. The maximum atomic E-state index is 12.1. The molecule has 0 aliphatic carbocycles. The second-order valence-corrected chi connectivity index (χ2v) is 4.52. The van der Waals surface area contributed by atoms with Gasteiger partial charge in [-0.1, -0.05) is 12.1 Å². The minimum atomic E-state index is -0.296. The lowest BCUT2D eigenvalue weighted by atomic mass is 10.0. The molecule has 0 N–H and O–H groups in total. The van der Waals surface area contributed by atoms with E-state index in [4.69, 9.17) is 5.26 Å². The van der Waals surface area contributed by atoms with Gasteiger partial charge in [-0.25, -0.2) is 0 Å². The molecular formula is C15H13N3O2. The third-order valence-electron chi connectivity index (χ3n) is 2.95. The number of rotatable bonds is 4. The molecule has 1 heterocycles. The Balaban J connectivity index is 2.17. The Hall–Kier alpha value is -2.74. The van der Waals surface area contributed by atoms with Gasteiger partial charge in [-0.3, -0.25) is 14.3 Å². The predicted molar refractivity (Wildman–Crippen MR) is 72.4 cm³/mol. The number of aryl methyl sites for hydroxylation is 2. The molecule has 0 bridgehead atoms. The number of aromatic nitrogens is 2. The fourth-order valence-electron chi connectivity index (χ4n) is 1.98. The fraction of sp³-hybridized carbons (Fsp3) is 0.200. The molecule has 0 aliphatic rings. The van der Waals surface area contributed by atoms with E-state index in [2.05, 4.69) is 5.10 Å². The van der Waals surface area contributed by atoms with E-state index in [1.165, 1.54) is 6.07 Å². The van der Waals surface area contributed by atoms with Gasteiger partial charge < -0.3 is 0 Å². The van der Waals surface area contributed by atoms with Gasteiger partial charge >= 0.3 is 0 Å². The average molecular weight is 267 g/mol. The third-order valence-corrected chi connectivity index (χ3v) is 2.95. The second kappa shape index (κ2) is 5.49.